The second-order valence-corrected chi connectivity index (χ2v) is 10.1. The van der Waals surface area contributed by atoms with Gasteiger partial charge in [0.25, 0.3) is 0 Å². The van der Waals surface area contributed by atoms with Crippen LogP contribution in [0.3, 0.4) is 0 Å². The lowest BCUT2D eigenvalue weighted by atomic mass is 9.48. The average Bonchev–Trinajstić information content (AvgIpc) is 2.68. The molecular weight excluding hydrogens is 360 g/mol. The Morgan fingerprint density at radius 3 is 2.38 bits per heavy atom. The van der Waals surface area contributed by atoms with Crippen molar-refractivity contribution in [1.29, 1.82) is 0 Å². The summed E-state index contributed by atoms with van der Waals surface area (Å²) in [5.74, 6) is 0.304. The minimum atomic E-state index is -1.25. The number of aliphatic hydroxyl groups is 3. The van der Waals surface area contributed by atoms with E-state index in [1.165, 1.54) is 11.1 Å². The van der Waals surface area contributed by atoms with Crippen LogP contribution in [0, 0.1) is 5.92 Å². The Morgan fingerprint density at radius 2 is 1.76 bits per heavy atom. The summed E-state index contributed by atoms with van der Waals surface area (Å²) in [5.41, 5.74) is 0.810. The summed E-state index contributed by atoms with van der Waals surface area (Å²) in [7, 11) is 0. The molecule has 29 heavy (non-hydrogen) atoms. The normalized spacial score (nSPS) is 34.4. The maximum absolute atomic E-state index is 11.7. The van der Waals surface area contributed by atoms with Crippen molar-refractivity contribution in [2.24, 2.45) is 5.92 Å². The van der Waals surface area contributed by atoms with Crippen LogP contribution in [0.25, 0.3) is 0 Å². The summed E-state index contributed by atoms with van der Waals surface area (Å²) >= 11 is 0. The highest BCUT2D eigenvalue weighted by molar-refractivity contribution is 5.44. The fraction of sp³-hybridized carbons (Fsp3) is 0.538. The summed E-state index contributed by atoms with van der Waals surface area (Å²) in [6.07, 6.45) is 3.94. The minimum Gasteiger partial charge on any atom is -0.387 e. The third kappa shape index (κ3) is 3.06. The first-order valence-electron chi connectivity index (χ1n) is 10.9. The number of rotatable bonds is 3. The molecule has 3 N–H and O–H groups in total. The SMILES string of the molecule is CC[C@@]12C[C@@](C)(O)[C@](O)(c3ccccc3)C[C@H]1CCc1cc(C(C)(C)O)ccc12. The Labute approximate surface area is 174 Å². The minimum absolute atomic E-state index is 0.157. The Hall–Kier alpha value is -1.68. The molecule has 1 saturated carbocycles. The van der Waals surface area contributed by atoms with E-state index in [0.717, 1.165) is 30.4 Å². The van der Waals surface area contributed by atoms with Crippen LogP contribution in [0.4, 0.5) is 0 Å². The van der Waals surface area contributed by atoms with E-state index in [1.54, 1.807) is 6.92 Å². The van der Waals surface area contributed by atoms with Gasteiger partial charge in [-0.3, -0.25) is 0 Å². The van der Waals surface area contributed by atoms with Crippen molar-refractivity contribution in [3.05, 3.63) is 70.8 Å². The standard InChI is InChI=1S/C26H34O3/c1-5-25-17-24(4,28)26(29,19-9-7-6-8-10-19)16-21(25)12-11-18-15-20(23(2,3)27)13-14-22(18)25/h6-10,13-15,21,27-29H,5,11-12,16-17H2,1-4H3/t21-,24-,25-,26-/m1/s1. The first kappa shape index (κ1) is 20.6. The van der Waals surface area contributed by atoms with E-state index in [-0.39, 0.29) is 5.41 Å². The van der Waals surface area contributed by atoms with Gasteiger partial charge in [0.2, 0.25) is 0 Å². The summed E-state index contributed by atoms with van der Waals surface area (Å²) < 4.78 is 0. The van der Waals surface area contributed by atoms with Gasteiger partial charge in [0.1, 0.15) is 5.60 Å². The van der Waals surface area contributed by atoms with E-state index < -0.39 is 16.8 Å². The van der Waals surface area contributed by atoms with Gasteiger partial charge in [0.15, 0.2) is 0 Å². The van der Waals surface area contributed by atoms with Gasteiger partial charge >= 0.3 is 0 Å². The van der Waals surface area contributed by atoms with Crippen molar-refractivity contribution < 1.29 is 15.3 Å². The topological polar surface area (TPSA) is 60.7 Å². The lowest BCUT2D eigenvalue weighted by Gasteiger charge is -2.59. The van der Waals surface area contributed by atoms with Gasteiger partial charge in [0, 0.05) is 5.41 Å². The van der Waals surface area contributed by atoms with Gasteiger partial charge in [-0.1, -0.05) is 55.5 Å². The molecule has 0 radical (unpaired) electrons. The van der Waals surface area contributed by atoms with Crippen LogP contribution >= 0.6 is 0 Å². The maximum atomic E-state index is 11.7. The molecule has 0 aromatic heterocycles. The van der Waals surface area contributed by atoms with Crippen LogP contribution < -0.4 is 0 Å². The van der Waals surface area contributed by atoms with E-state index >= 15 is 0 Å². The molecule has 0 amide bonds. The van der Waals surface area contributed by atoms with Gasteiger partial charge < -0.3 is 15.3 Å². The molecule has 3 nitrogen and oxygen atoms in total. The van der Waals surface area contributed by atoms with E-state index in [2.05, 4.69) is 19.1 Å². The fourth-order valence-corrected chi connectivity index (χ4v) is 6.11. The van der Waals surface area contributed by atoms with Gasteiger partial charge in [-0.2, -0.15) is 0 Å². The maximum Gasteiger partial charge on any atom is 0.118 e. The molecule has 4 atom stereocenters. The molecule has 0 heterocycles. The molecule has 0 spiro atoms. The van der Waals surface area contributed by atoms with Crippen LogP contribution in [0.2, 0.25) is 0 Å². The molecule has 1 fully saturated rings. The van der Waals surface area contributed by atoms with Crippen molar-refractivity contribution in [2.45, 2.75) is 82.0 Å². The zero-order valence-corrected chi connectivity index (χ0v) is 18.1. The molecule has 3 heteroatoms. The molecule has 0 unspecified atom stereocenters. The molecule has 2 aromatic rings. The van der Waals surface area contributed by atoms with Crippen LogP contribution in [0.5, 0.6) is 0 Å². The first-order chi connectivity index (χ1) is 13.5. The van der Waals surface area contributed by atoms with Crippen molar-refractivity contribution in [1.82, 2.24) is 0 Å². The zero-order valence-electron chi connectivity index (χ0n) is 18.1. The third-order valence-electron chi connectivity index (χ3n) is 7.87. The zero-order chi connectivity index (χ0) is 21.1. The van der Waals surface area contributed by atoms with Crippen molar-refractivity contribution >= 4 is 0 Å². The molecule has 0 aliphatic heterocycles. The Kier molecular flexibility index (Phi) is 4.73. The highest BCUT2D eigenvalue weighted by Crippen LogP contribution is 2.60. The quantitative estimate of drug-likeness (QED) is 0.715. The van der Waals surface area contributed by atoms with Gasteiger partial charge in [-0.15, -0.1) is 0 Å². The molecule has 4 rings (SSSR count). The predicted molar refractivity (Wildman–Crippen MR) is 116 cm³/mol. The summed E-state index contributed by atoms with van der Waals surface area (Å²) in [6, 6.07) is 16.0. The number of aryl methyl sites for hydroxylation is 1. The average molecular weight is 395 g/mol. The van der Waals surface area contributed by atoms with E-state index in [0.29, 0.717) is 18.8 Å². The Balaban J connectivity index is 1.80. The highest BCUT2D eigenvalue weighted by Gasteiger charge is 2.60. The number of hydrogen-bond acceptors (Lipinski definition) is 3. The molecule has 0 bridgehead atoms. The smallest absolute Gasteiger partial charge is 0.118 e. The number of fused-ring (bicyclic) bond motifs is 3. The van der Waals surface area contributed by atoms with E-state index in [9.17, 15) is 15.3 Å². The number of hydrogen-bond donors (Lipinski definition) is 3. The Bertz CT molecular complexity index is 896. The number of benzene rings is 2. The first-order valence-corrected chi connectivity index (χ1v) is 10.9. The molecular formula is C26H34O3. The van der Waals surface area contributed by atoms with Crippen LogP contribution in [-0.2, 0) is 23.0 Å². The van der Waals surface area contributed by atoms with Crippen molar-refractivity contribution in [2.75, 3.05) is 0 Å². The molecule has 0 saturated heterocycles. The summed E-state index contributed by atoms with van der Waals surface area (Å²) in [5, 5.41) is 33.8. The fourth-order valence-electron chi connectivity index (χ4n) is 6.11. The van der Waals surface area contributed by atoms with Gasteiger partial charge in [-0.25, -0.2) is 0 Å². The van der Waals surface area contributed by atoms with Gasteiger partial charge in [-0.05, 0) is 81.0 Å². The van der Waals surface area contributed by atoms with E-state index in [1.807, 2.05) is 50.2 Å². The van der Waals surface area contributed by atoms with Gasteiger partial charge in [0.05, 0.1) is 11.2 Å². The third-order valence-corrected chi connectivity index (χ3v) is 7.87. The second-order valence-electron chi connectivity index (χ2n) is 10.1. The molecule has 2 aliphatic carbocycles. The van der Waals surface area contributed by atoms with Crippen LogP contribution in [0.15, 0.2) is 48.5 Å². The molecule has 156 valence electrons. The molecule has 2 aromatic carbocycles. The summed E-state index contributed by atoms with van der Waals surface area (Å²) in [4.78, 5) is 0. The second kappa shape index (κ2) is 6.66. The van der Waals surface area contributed by atoms with Crippen molar-refractivity contribution in [3.8, 4) is 0 Å². The highest BCUT2D eigenvalue weighted by atomic mass is 16.4. The van der Waals surface area contributed by atoms with E-state index in [4.69, 9.17) is 0 Å². The van der Waals surface area contributed by atoms with Crippen molar-refractivity contribution in [3.63, 3.8) is 0 Å². The lowest BCUT2D eigenvalue weighted by Crippen LogP contribution is -2.62. The monoisotopic (exact) mass is 394 g/mol. The summed E-state index contributed by atoms with van der Waals surface area (Å²) in [6.45, 7) is 7.64. The van der Waals surface area contributed by atoms with Crippen LogP contribution in [0.1, 0.15) is 75.6 Å². The molecule has 2 aliphatic rings. The largest absolute Gasteiger partial charge is 0.387 e. The predicted octanol–water partition coefficient (Wildman–Crippen LogP) is 4.56. The Morgan fingerprint density at radius 1 is 1.07 bits per heavy atom. The van der Waals surface area contributed by atoms with Crippen LogP contribution in [-0.4, -0.2) is 20.9 Å². The lowest BCUT2D eigenvalue weighted by molar-refractivity contribution is -0.205.